The van der Waals surface area contributed by atoms with Gasteiger partial charge in [-0.3, -0.25) is 4.79 Å². The van der Waals surface area contributed by atoms with Crippen molar-refractivity contribution in [3.8, 4) is 0 Å². The van der Waals surface area contributed by atoms with Gasteiger partial charge >= 0.3 is 0 Å². The van der Waals surface area contributed by atoms with Crippen LogP contribution in [-0.4, -0.2) is 32.3 Å². The van der Waals surface area contributed by atoms with Crippen LogP contribution in [0.1, 0.15) is 23.2 Å². The van der Waals surface area contributed by atoms with Crippen molar-refractivity contribution in [3.05, 3.63) is 28.0 Å². The first-order valence-electron chi connectivity index (χ1n) is 5.62. The molecule has 19 heavy (non-hydrogen) atoms. The Balaban J connectivity index is 2.52. The molecular weight excluding hydrogens is 339 g/mol. The number of halogens is 2. The predicted octanol–water partition coefficient (Wildman–Crippen LogP) is 1.47. The van der Waals surface area contributed by atoms with Crippen molar-refractivity contribution in [2.24, 2.45) is 5.14 Å². The molecular formula is C11H12BrFN2O3S. The minimum absolute atomic E-state index is 0.00769. The Morgan fingerprint density at radius 2 is 1.89 bits per heavy atom. The standard InChI is InChI=1S/C11H12BrFN2O3S/c12-10-8(11(16)15-3-1-2-4-15)5-7(13)6-9(10)19(14,17)18/h5-6H,1-4H2,(H2,14,17,18). The number of hydrogen-bond acceptors (Lipinski definition) is 3. The van der Waals surface area contributed by atoms with Crippen LogP contribution in [0.5, 0.6) is 0 Å². The van der Waals surface area contributed by atoms with Gasteiger partial charge in [0.25, 0.3) is 5.91 Å². The molecule has 0 saturated carbocycles. The summed E-state index contributed by atoms with van der Waals surface area (Å²) in [6.45, 7) is 1.18. The van der Waals surface area contributed by atoms with Gasteiger partial charge in [0.05, 0.1) is 14.9 Å². The van der Waals surface area contributed by atoms with Crippen LogP contribution < -0.4 is 5.14 Å². The number of carbonyl (C=O) groups is 1. The highest BCUT2D eigenvalue weighted by Gasteiger charge is 2.26. The Morgan fingerprint density at radius 1 is 1.32 bits per heavy atom. The average Bonchev–Trinajstić information content (AvgIpc) is 2.83. The number of likely N-dealkylation sites (tertiary alicyclic amines) is 1. The van der Waals surface area contributed by atoms with Gasteiger partial charge in [0.1, 0.15) is 5.82 Å². The first kappa shape index (κ1) is 14.4. The van der Waals surface area contributed by atoms with Gasteiger partial charge in [0.15, 0.2) is 0 Å². The lowest BCUT2D eigenvalue weighted by Crippen LogP contribution is -2.28. The van der Waals surface area contributed by atoms with Crippen molar-refractivity contribution < 1.29 is 17.6 Å². The SMILES string of the molecule is NS(=O)(=O)c1cc(F)cc(C(=O)N2CCCC2)c1Br. The first-order valence-corrected chi connectivity index (χ1v) is 7.96. The zero-order valence-corrected chi connectivity index (χ0v) is 12.3. The number of amides is 1. The zero-order chi connectivity index (χ0) is 14.2. The van der Waals surface area contributed by atoms with Crippen LogP contribution in [0.3, 0.4) is 0 Å². The molecule has 1 aliphatic rings. The van der Waals surface area contributed by atoms with E-state index in [-0.39, 0.29) is 10.0 Å². The van der Waals surface area contributed by atoms with Crippen LogP contribution >= 0.6 is 15.9 Å². The Hall–Kier alpha value is -0.990. The van der Waals surface area contributed by atoms with Crippen LogP contribution in [0.4, 0.5) is 4.39 Å². The molecule has 2 rings (SSSR count). The lowest BCUT2D eigenvalue weighted by molar-refractivity contribution is 0.0791. The molecule has 0 bridgehead atoms. The first-order chi connectivity index (χ1) is 8.80. The van der Waals surface area contributed by atoms with E-state index < -0.39 is 26.6 Å². The van der Waals surface area contributed by atoms with Crippen LogP contribution in [0.15, 0.2) is 21.5 Å². The van der Waals surface area contributed by atoms with Gasteiger partial charge in [-0.2, -0.15) is 0 Å². The summed E-state index contributed by atoms with van der Waals surface area (Å²) in [7, 11) is -4.09. The number of nitrogens with two attached hydrogens (primary N) is 1. The van der Waals surface area contributed by atoms with E-state index in [1.165, 1.54) is 0 Å². The van der Waals surface area contributed by atoms with Crippen LogP contribution in [0, 0.1) is 5.82 Å². The van der Waals surface area contributed by atoms with Crippen LogP contribution in [0.2, 0.25) is 0 Å². The predicted molar refractivity (Wildman–Crippen MR) is 70.6 cm³/mol. The number of rotatable bonds is 2. The van der Waals surface area contributed by atoms with E-state index in [4.69, 9.17) is 5.14 Å². The van der Waals surface area contributed by atoms with Crippen molar-refractivity contribution >= 4 is 31.9 Å². The number of carbonyl (C=O) groups excluding carboxylic acids is 1. The summed E-state index contributed by atoms with van der Waals surface area (Å²) in [4.78, 5) is 13.3. The second-order valence-electron chi connectivity index (χ2n) is 4.31. The van der Waals surface area contributed by atoms with Crippen molar-refractivity contribution in [1.82, 2.24) is 4.90 Å². The lowest BCUT2D eigenvalue weighted by Gasteiger charge is -2.17. The number of benzene rings is 1. The second-order valence-corrected chi connectivity index (χ2v) is 6.63. The Morgan fingerprint density at radius 3 is 2.42 bits per heavy atom. The average molecular weight is 351 g/mol. The largest absolute Gasteiger partial charge is 0.339 e. The third-order valence-electron chi connectivity index (χ3n) is 2.93. The molecule has 0 spiro atoms. The summed E-state index contributed by atoms with van der Waals surface area (Å²) in [5.41, 5.74) is -0.0223. The summed E-state index contributed by atoms with van der Waals surface area (Å²) in [6.07, 6.45) is 1.78. The van der Waals surface area contributed by atoms with Gasteiger partial charge in [-0.1, -0.05) is 0 Å². The highest BCUT2D eigenvalue weighted by atomic mass is 79.9. The molecule has 1 aromatic rings. The molecule has 1 fully saturated rings. The minimum Gasteiger partial charge on any atom is -0.339 e. The Kier molecular flexibility index (Phi) is 3.93. The maximum absolute atomic E-state index is 13.5. The minimum atomic E-state index is -4.09. The van der Waals surface area contributed by atoms with E-state index in [0.717, 1.165) is 25.0 Å². The van der Waals surface area contributed by atoms with Crippen molar-refractivity contribution in [2.75, 3.05) is 13.1 Å². The highest BCUT2D eigenvalue weighted by molar-refractivity contribution is 9.10. The Labute approximate surface area is 118 Å². The molecule has 1 amide bonds. The van der Waals surface area contributed by atoms with Gasteiger partial charge in [0.2, 0.25) is 10.0 Å². The summed E-state index contributed by atoms with van der Waals surface area (Å²) < 4.78 is 36.2. The number of sulfonamides is 1. The highest BCUT2D eigenvalue weighted by Crippen LogP contribution is 2.28. The second kappa shape index (κ2) is 5.18. The number of primary sulfonamides is 1. The molecule has 5 nitrogen and oxygen atoms in total. The fourth-order valence-electron chi connectivity index (χ4n) is 2.02. The smallest absolute Gasteiger partial charge is 0.255 e. The van der Waals surface area contributed by atoms with Gasteiger partial charge in [-0.25, -0.2) is 17.9 Å². The molecule has 1 saturated heterocycles. The maximum Gasteiger partial charge on any atom is 0.255 e. The molecule has 1 aliphatic heterocycles. The fraction of sp³-hybridized carbons (Fsp3) is 0.364. The van der Waals surface area contributed by atoms with E-state index >= 15 is 0 Å². The van der Waals surface area contributed by atoms with Gasteiger partial charge in [-0.05, 0) is 40.9 Å². The summed E-state index contributed by atoms with van der Waals surface area (Å²) >= 11 is 3.03. The van der Waals surface area contributed by atoms with Gasteiger partial charge in [-0.15, -0.1) is 0 Å². The molecule has 2 N–H and O–H groups in total. The molecule has 1 heterocycles. The van der Waals surface area contributed by atoms with E-state index in [9.17, 15) is 17.6 Å². The summed E-state index contributed by atoms with van der Waals surface area (Å²) in [5.74, 6) is -1.21. The maximum atomic E-state index is 13.5. The van der Waals surface area contributed by atoms with E-state index in [0.29, 0.717) is 13.1 Å². The zero-order valence-electron chi connectivity index (χ0n) is 9.90. The van der Waals surface area contributed by atoms with Crippen molar-refractivity contribution in [2.45, 2.75) is 17.7 Å². The van der Waals surface area contributed by atoms with E-state index in [1.54, 1.807) is 4.90 Å². The quantitative estimate of drug-likeness (QED) is 0.876. The van der Waals surface area contributed by atoms with Crippen molar-refractivity contribution in [3.63, 3.8) is 0 Å². The summed E-state index contributed by atoms with van der Waals surface area (Å²) in [5, 5.41) is 5.00. The molecule has 0 aliphatic carbocycles. The number of hydrogen-bond donors (Lipinski definition) is 1. The topological polar surface area (TPSA) is 80.5 Å². The molecule has 0 atom stereocenters. The molecule has 0 unspecified atom stereocenters. The molecule has 0 aromatic heterocycles. The van der Waals surface area contributed by atoms with Crippen molar-refractivity contribution in [1.29, 1.82) is 0 Å². The van der Waals surface area contributed by atoms with E-state index in [2.05, 4.69) is 15.9 Å². The van der Waals surface area contributed by atoms with E-state index in [1.807, 2.05) is 0 Å². The fourth-order valence-corrected chi connectivity index (χ4v) is 3.73. The summed E-state index contributed by atoms with van der Waals surface area (Å²) in [6, 6.07) is 1.81. The third-order valence-corrected chi connectivity index (χ3v) is 4.99. The Bertz CT molecular complexity index is 627. The third kappa shape index (κ3) is 2.96. The van der Waals surface area contributed by atoms with Crippen LogP contribution in [0.25, 0.3) is 0 Å². The van der Waals surface area contributed by atoms with Gasteiger partial charge < -0.3 is 4.90 Å². The normalized spacial score (nSPS) is 15.8. The van der Waals surface area contributed by atoms with Crippen LogP contribution in [-0.2, 0) is 10.0 Å². The molecule has 104 valence electrons. The number of nitrogens with zero attached hydrogens (tertiary/aromatic N) is 1. The molecule has 1 aromatic carbocycles. The molecule has 0 radical (unpaired) electrons. The monoisotopic (exact) mass is 350 g/mol. The molecule has 8 heteroatoms. The lowest BCUT2D eigenvalue weighted by atomic mass is 10.2. The van der Waals surface area contributed by atoms with Gasteiger partial charge in [0, 0.05) is 13.1 Å².